The van der Waals surface area contributed by atoms with Crippen molar-refractivity contribution < 1.29 is 14.4 Å². The second-order valence-electron chi connectivity index (χ2n) is 8.72. The van der Waals surface area contributed by atoms with Crippen LogP contribution >= 0.6 is 11.6 Å². The molecule has 0 aliphatic carbocycles. The van der Waals surface area contributed by atoms with Gasteiger partial charge in [0.2, 0.25) is 0 Å². The van der Waals surface area contributed by atoms with Crippen LogP contribution in [0.5, 0.6) is 0 Å². The number of fused-ring (bicyclic) bond motifs is 1. The van der Waals surface area contributed by atoms with Gasteiger partial charge in [-0.15, -0.1) is 0 Å². The topological polar surface area (TPSA) is 69.7 Å². The molecule has 1 fully saturated rings. The molecule has 2 aliphatic rings. The molecule has 164 valence electrons. The largest absolute Gasteiger partial charge is 0.365 e. The SMILES string of the molecule is CC1=CC(C)(C)N(C)c2cc(Cl)c(/C=C3/C(=O)NC(=O)N(c4ccc(C)cc4)C3=O)cc21. The fraction of sp³-hybridized carbons (Fsp3) is 0.240. The van der Waals surface area contributed by atoms with E-state index in [0.717, 1.165) is 27.3 Å². The quantitative estimate of drug-likeness (QED) is 0.520. The molecule has 0 unspecified atom stereocenters. The highest BCUT2D eigenvalue weighted by Crippen LogP contribution is 2.41. The zero-order chi connectivity index (χ0) is 23.4. The Hall–Kier alpha value is -3.38. The zero-order valence-electron chi connectivity index (χ0n) is 18.6. The maximum Gasteiger partial charge on any atom is 0.335 e. The van der Waals surface area contributed by atoms with Crippen LogP contribution in [0.15, 0.2) is 48.0 Å². The number of nitrogens with one attached hydrogen (secondary N) is 1. The van der Waals surface area contributed by atoms with E-state index in [1.165, 1.54) is 6.08 Å². The lowest BCUT2D eigenvalue weighted by atomic mass is 9.88. The number of urea groups is 1. The van der Waals surface area contributed by atoms with Gasteiger partial charge in [-0.3, -0.25) is 14.9 Å². The summed E-state index contributed by atoms with van der Waals surface area (Å²) >= 11 is 6.57. The molecular formula is C25H24ClN3O3. The number of hydrogen-bond donors (Lipinski definition) is 1. The van der Waals surface area contributed by atoms with Crippen molar-refractivity contribution in [3.63, 3.8) is 0 Å². The van der Waals surface area contributed by atoms with E-state index in [-0.39, 0.29) is 11.1 Å². The first-order valence-corrected chi connectivity index (χ1v) is 10.6. The van der Waals surface area contributed by atoms with E-state index in [4.69, 9.17) is 11.6 Å². The van der Waals surface area contributed by atoms with E-state index in [1.807, 2.05) is 33.0 Å². The van der Waals surface area contributed by atoms with Crippen molar-refractivity contribution in [1.82, 2.24) is 5.32 Å². The minimum atomic E-state index is -0.778. The normalized spacial score (nSPS) is 19.1. The number of benzene rings is 2. The van der Waals surface area contributed by atoms with E-state index in [1.54, 1.807) is 24.3 Å². The van der Waals surface area contributed by atoms with Crippen LogP contribution in [0.4, 0.5) is 16.2 Å². The number of halogens is 1. The molecule has 0 spiro atoms. The number of amides is 4. The van der Waals surface area contributed by atoms with Gasteiger partial charge in [0, 0.05) is 23.3 Å². The third-order valence-electron chi connectivity index (χ3n) is 6.03. The smallest absolute Gasteiger partial charge is 0.335 e. The monoisotopic (exact) mass is 449 g/mol. The lowest BCUT2D eigenvalue weighted by Gasteiger charge is -2.40. The Bertz CT molecular complexity index is 1230. The van der Waals surface area contributed by atoms with Crippen LogP contribution < -0.4 is 15.1 Å². The van der Waals surface area contributed by atoms with Gasteiger partial charge < -0.3 is 4.90 Å². The average molecular weight is 450 g/mol. The van der Waals surface area contributed by atoms with E-state index in [2.05, 4.69) is 30.1 Å². The molecule has 0 radical (unpaired) electrons. The number of anilines is 2. The Labute approximate surface area is 192 Å². The van der Waals surface area contributed by atoms with Crippen LogP contribution in [-0.4, -0.2) is 30.4 Å². The molecular weight excluding hydrogens is 426 g/mol. The lowest BCUT2D eigenvalue weighted by Crippen LogP contribution is -2.54. The molecule has 0 bridgehead atoms. The van der Waals surface area contributed by atoms with Crippen LogP contribution in [0, 0.1) is 6.92 Å². The number of hydrogen-bond acceptors (Lipinski definition) is 4. The van der Waals surface area contributed by atoms with E-state index in [9.17, 15) is 14.4 Å². The summed E-state index contributed by atoms with van der Waals surface area (Å²) in [6.07, 6.45) is 3.61. The standard InChI is InChI=1S/C25H24ClN3O3/c1-14-6-8-17(9-7-14)29-23(31)19(22(30)27-24(29)32)11-16-10-18-15(2)13-25(3,4)28(5)21(18)12-20(16)26/h6-13H,1-5H3,(H,27,30,32)/b19-11-. The Balaban J connectivity index is 1.78. The fourth-order valence-corrected chi connectivity index (χ4v) is 4.25. The number of likely N-dealkylation sites (N-methyl/N-ethyl adjacent to an activating group) is 1. The molecule has 1 N–H and O–H groups in total. The first kappa shape index (κ1) is 21.8. The average Bonchev–Trinajstić information content (AvgIpc) is 2.71. The first-order valence-electron chi connectivity index (χ1n) is 10.2. The molecule has 2 aliphatic heterocycles. The molecule has 0 aromatic heterocycles. The van der Waals surface area contributed by atoms with Crippen LogP contribution in [0.25, 0.3) is 11.6 Å². The van der Waals surface area contributed by atoms with Crippen molar-refractivity contribution in [1.29, 1.82) is 0 Å². The first-order chi connectivity index (χ1) is 15.0. The predicted molar refractivity (Wildman–Crippen MR) is 128 cm³/mol. The second-order valence-corrected chi connectivity index (χ2v) is 9.13. The van der Waals surface area contributed by atoms with Crippen LogP contribution in [0.2, 0.25) is 5.02 Å². The number of nitrogens with zero attached hydrogens (tertiary/aromatic N) is 2. The second kappa shape index (κ2) is 7.64. The summed E-state index contributed by atoms with van der Waals surface area (Å²) in [5.74, 6) is -1.44. The molecule has 7 heteroatoms. The van der Waals surface area contributed by atoms with Crippen LogP contribution in [0.3, 0.4) is 0 Å². The molecule has 2 aromatic carbocycles. The van der Waals surface area contributed by atoms with Gasteiger partial charge in [0.1, 0.15) is 5.57 Å². The van der Waals surface area contributed by atoms with Gasteiger partial charge in [-0.05, 0) is 69.2 Å². The molecule has 4 rings (SSSR count). The Morgan fingerprint density at radius 1 is 1.03 bits per heavy atom. The summed E-state index contributed by atoms with van der Waals surface area (Å²) in [6, 6.07) is 9.85. The van der Waals surface area contributed by atoms with Gasteiger partial charge in [-0.1, -0.05) is 35.4 Å². The van der Waals surface area contributed by atoms with Crippen LogP contribution in [0.1, 0.15) is 37.5 Å². The highest BCUT2D eigenvalue weighted by molar-refractivity contribution is 6.40. The maximum atomic E-state index is 13.2. The van der Waals surface area contributed by atoms with E-state index in [0.29, 0.717) is 16.3 Å². The molecule has 2 aromatic rings. The summed E-state index contributed by atoms with van der Waals surface area (Å²) < 4.78 is 0. The molecule has 6 nitrogen and oxygen atoms in total. The summed E-state index contributed by atoms with van der Waals surface area (Å²) in [6.45, 7) is 8.16. The van der Waals surface area contributed by atoms with Gasteiger partial charge in [0.25, 0.3) is 11.8 Å². The van der Waals surface area contributed by atoms with Crippen molar-refractivity contribution >= 4 is 52.5 Å². The molecule has 32 heavy (non-hydrogen) atoms. The third-order valence-corrected chi connectivity index (χ3v) is 6.36. The Morgan fingerprint density at radius 3 is 2.34 bits per heavy atom. The highest BCUT2D eigenvalue weighted by atomic mass is 35.5. The third kappa shape index (κ3) is 3.60. The van der Waals surface area contributed by atoms with Crippen molar-refractivity contribution in [2.45, 2.75) is 33.2 Å². The minimum Gasteiger partial charge on any atom is -0.365 e. The molecule has 0 atom stereocenters. The van der Waals surface area contributed by atoms with Gasteiger partial charge in [-0.2, -0.15) is 0 Å². The van der Waals surface area contributed by atoms with Crippen LogP contribution in [-0.2, 0) is 9.59 Å². The number of imide groups is 2. The van der Waals surface area contributed by atoms with Crippen molar-refractivity contribution in [2.75, 3.05) is 16.8 Å². The van der Waals surface area contributed by atoms with Gasteiger partial charge >= 0.3 is 6.03 Å². The fourth-order valence-electron chi connectivity index (χ4n) is 4.04. The summed E-state index contributed by atoms with van der Waals surface area (Å²) in [7, 11) is 2.00. The molecule has 1 saturated heterocycles. The zero-order valence-corrected chi connectivity index (χ0v) is 19.4. The maximum absolute atomic E-state index is 13.2. The number of carbonyl (C=O) groups is 3. The van der Waals surface area contributed by atoms with Crippen molar-refractivity contribution in [3.05, 3.63) is 69.8 Å². The number of carbonyl (C=O) groups excluding carboxylic acids is 3. The highest BCUT2D eigenvalue weighted by Gasteiger charge is 2.37. The number of allylic oxidation sites excluding steroid dienone is 1. The molecule has 2 heterocycles. The van der Waals surface area contributed by atoms with E-state index >= 15 is 0 Å². The lowest BCUT2D eigenvalue weighted by molar-refractivity contribution is -0.122. The summed E-state index contributed by atoms with van der Waals surface area (Å²) in [4.78, 5) is 41.2. The molecule has 0 saturated carbocycles. The minimum absolute atomic E-state index is 0.154. The summed E-state index contributed by atoms with van der Waals surface area (Å²) in [5.41, 5.74) is 4.60. The van der Waals surface area contributed by atoms with E-state index < -0.39 is 17.8 Å². The Kier molecular flexibility index (Phi) is 5.21. The number of aryl methyl sites for hydroxylation is 1. The van der Waals surface area contributed by atoms with Crippen molar-refractivity contribution in [3.8, 4) is 0 Å². The predicted octanol–water partition coefficient (Wildman–Crippen LogP) is 4.95. The van der Waals surface area contributed by atoms with Gasteiger partial charge in [-0.25, -0.2) is 9.69 Å². The van der Waals surface area contributed by atoms with Crippen molar-refractivity contribution in [2.24, 2.45) is 0 Å². The number of rotatable bonds is 2. The molecule has 4 amide bonds. The van der Waals surface area contributed by atoms with Gasteiger partial charge in [0.05, 0.1) is 11.2 Å². The number of barbiturate groups is 1. The Morgan fingerprint density at radius 2 is 1.69 bits per heavy atom. The van der Waals surface area contributed by atoms with Gasteiger partial charge in [0.15, 0.2) is 0 Å². The summed E-state index contributed by atoms with van der Waals surface area (Å²) in [5, 5.41) is 2.66.